The van der Waals surface area contributed by atoms with Gasteiger partial charge in [-0.1, -0.05) is 11.2 Å². The highest BCUT2D eigenvalue weighted by molar-refractivity contribution is 7.89. The molecule has 0 aliphatic rings. The summed E-state index contributed by atoms with van der Waals surface area (Å²) in [7, 11) is -3.66. The molecule has 0 radical (unpaired) electrons. The van der Waals surface area contributed by atoms with Gasteiger partial charge in [0, 0.05) is 4.88 Å². The molecule has 0 aliphatic carbocycles. The van der Waals surface area contributed by atoms with Gasteiger partial charge in [0.25, 0.3) is 0 Å². The SMILES string of the molecule is Cc1noc(C)c1S(=O)(=O)NC(C)(C)c1cccs1. The van der Waals surface area contributed by atoms with Crippen LogP contribution in [0.1, 0.15) is 30.2 Å². The lowest BCUT2D eigenvalue weighted by Gasteiger charge is -2.24. The Kier molecular flexibility index (Phi) is 3.55. The Hall–Kier alpha value is -1.18. The topological polar surface area (TPSA) is 72.2 Å². The van der Waals surface area contributed by atoms with E-state index in [-0.39, 0.29) is 4.90 Å². The van der Waals surface area contributed by atoms with Crippen molar-refractivity contribution in [2.75, 3.05) is 0 Å². The fourth-order valence-corrected chi connectivity index (χ4v) is 4.53. The van der Waals surface area contributed by atoms with E-state index in [1.807, 2.05) is 31.4 Å². The molecule has 7 heteroatoms. The van der Waals surface area contributed by atoms with Crippen molar-refractivity contribution in [1.82, 2.24) is 9.88 Å². The van der Waals surface area contributed by atoms with E-state index in [1.165, 1.54) is 11.3 Å². The van der Waals surface area contributed by atoms with Gasteiger partial charge in [0.15, 0.2) is 5.76 Å². The predicted molar refractivity (Wildman–Crippen MR) is 73.6 cm³/mol. The van der Waals surface area contributed by atoms with E-state index in [0.717, 1.165) is 4.88 Å². The number of sulfonamides is 1. The van der Waals surface area contributed by atoms with Gasteiger partial charge in [-0.15, -0.1) is 11.3 Å². The summed E-state index contributed by atoms with van der Waals surface area (Å²) in [5.74, 6) is 0.298. The summed E-state index contributed by atoms with van der Waals surface area (Å²) in [6.07, 6.45) is 0. The first-order chi connectivity index (χ1) is 8.74. The lowest BCUT2D eigenvalue weighted by molar-refractivity contribution is 0.390. The molecule has 2 aromatic rings. The molecule has 1 N–H and O–H groups in total. The third-order valence-corrected chi connectivity index (χ3v) is 5.86. The van der Waals surface area contributed by atoms with Crippen molar-refractivity contribution in [3.8, 4) is 0 Å². The monoisotopic (exact) mass is 300 g/mol. The smallest absolute Gasteiger partial charge is 0.246 e. The molecule has 0 fully saturated rings. The van der Waals surface area contributed by atoms with Crippen LogP contribution in [0, 0.1) is 13.8 Å². The first-order valence-electron chi connectivity index (χ1n) is 5.75. The largest absolute Gasteiger partial charge is 0.360 e. The standard InChI is InChI=1S/C12H16N2O3S2/c1-8-11(9(2)17-13-8)19(15,16)14-12(3,4)10-6-5-7-18-10/h5-7,14H,1-4H3. The average molecular weight is 300 g/mol. The highest BCUT2D eigenvalue weighted by Crippen LogP contribution is 2.28. The van der Waals surface area contributed by atoms with Crippen molar-refractivity contribution in [3.05, 3.63) is 33.8 Å². The van der Waals surface area contributed by atoms with Crippen LogP contribution in [0.2, 0.25) is 0 Å². The summed E-state index contributed by atoms with van der Waals surface area (Å²) >= 11 is 1.51. The van der Waals surface area contributed by atoms with Crippen molar-refractivity contribution >= 4 is 21.4 Å². The molecule has 0 spiro atoms. The highest BCUT2D eigenvalue weighted by atomic mass is 32.2. The molecule has 19 heavy (non-hydrogen) atoms. The maximum atomic E-state index is 12.4. The van der Waals surface area contributed by atoms with Crippen LogP contribution in [-0.4, -0.2) is 13.6 Å². The molecule has 2 heterocycles. The molecule has 0 aliphatic heterocycles. The number of thiophene rings is 1. The molecule has 2 rings (SSSR count). The Balaban J connectivity index is 2.38. The Labute approximate surface area is 116 Å². The van der Waals surface area contributed by atoms with Crippen LogP contribution in [0.4, 0.5) is 0 Å². The molecule has 0 saturated carbocycles. The number of aromatic nitrogens is 1. The number of rotatable bonds is 4. The van der Waals surface area contributed by atoms with Gasteiger partial charge >= 0.3 is 0 Å². The molecule has 0 bridgehead atoms. The zero-order chi connectivity index (χ0) is 14.3. The van der Waals surface area contributed by atoms with E-state index in [2.05, 4.69) is 9.88 Å². The van der Waals surface area contributed by atoms with E-state index in [0.29, 0.717) is 11.5 Å². The summed E-state index contributed by atoms with van der Waals surface area (Å²) < 4.78 is 32.5. The number of hydrogen-bond donors (Lipinski definition) is 1. The van der Waals surface area contributed by atoms with Crippen molar-refractivity contribution in [2.24, 2.45) is 0 Å². The number of nitrogens with zero attached hydrogens (tertiary/aromatic N) is 1. The quantitative estimate of drug-likeness (QED) is 0.942. The second kappa shape index (κ2) is 4.73. The average Bonchev–Trinajstić information content (AvgIpc) is 2.86. The molecule has 0 unspecified atom stereocenters. The predicted octanol–water partition coefficient (Wildman–Crippen LogP) is 2.57. The van der Waals surface area contributed by atoms with Crippen molar-refractivity contribution in [2.45, 2.75) is 38.1 Å². The maximum absolute atomic E-state index is 12.4. The van der Waals surface area contributed by atoms with E-state index in [1.54, 1.807) is 13.8 Å². The fourth-order valence-electron chi connectivity index (χ4n) is 1.93. The van der Waals surface area contributed by atoms with Crippen LogP contribution in [0.5, 0.6) is 0 Å². The minimum atomic E-state index is -3.66. The third kappa shape index (κ3) is 2.72. The van der Waals surface area contributed by atoms with Crippen molar-refractivity contribution < 1.29 is 12.9 Å². The number of nitrogens with one attached hydrogen (secondary N) is 1. The minimum absolute atomic E-state index is 0.122. The highest BCUT2D eigenvalue weighted by Gasteiger charge is 2.32. The van der Waals surface area contributed by atoms with E-state index >= 15 is 0 Å². The van der Waals surface area contributed by atoms with Gasteiger partial charge in [-0.3, -0.25) is 0 Å². The van der Waals surface area contributed by atoms with Crippen molar-refractivity contribution in [3.63, 3.8) is 0 Å². The molecule has 0 saturated heterocycles. The molecule has 0 amide bonds. The van der Waals surface area contributed by atoms with Gasteiger partial charge in [0.2, 0.25) is 10.0 Å². The summed E-state index contributed by atoms with van der Waals surface area (Å²) in [5.41, 5.74) is -0.310. The van der Waals surface area contributed by atoms with Crippen LogP contribution in [0.15, 0.2) is 26.9 Å². The van der Waals surface area contributed by atoms with E-state index in [4.69, 9.17) is 4.52 Å². The summed E-state index contributed by atoms with van der Waals surface area (Å²) in [5, 5.41) is 5.60. The van der Waals surface area contributed by atoms with Gasteiger partial charge < -0.3 is 4.52 Å². The summed E-state index contributed by atoms with van der Waals surface area (Å²) in [6, 6.07) is 3.80. The van der Waals surface area contributed by atoms with E-state index in [9.17, 15) is 8.42 Å². The molecule has 5 nitrogen and oxygen atoms in total. The van der Waals surface area contributed by atoms with Crippen LogP contribution in [-0.2, 0) is 15.6 Å². The summed E-state index contributed by atoms with van der Waals surface area (Å²) in [4.78, 5) is 1.07. The van der Waals surface area contributed by atoms with E-state index < -0.39 is 15.6 Å². The van der Waals surface area contributed by atoms with Gasteiger partial charge in [0.05, 0.1) is 5.54 Å². The first kappa shape index (κ1) is 14.2. The normalized spacial score (nSPS) is 12.8. The first-order valence-corrected chi connectivity index (χ1v) is 8.11. The Bertz CT molecular complexity index is 650. The molecule has 0 aromatic carbocycles. The van der Waals surface area contributed by atoms with Crippen LogP contribution < -0.4 is 4.72 Å². The maximum Gasteiger partial charge on any atom is 0.246 e. The van der Waals surface area contributed by atoms with Gasteiger partial charge in [-0.05, 0) is 39.1 Å². The molecular weight excluding hydrogens is 284 g/mol. The number of hydrogen-bond acceptors (Lipinski definition) is 5. The second-order valence-corrected chi connectivity index (χ2v) is 7.43. The zero-order valence-electron chi connectivity index (χ0n) is 11.2. The van der Waals surface area contributed by atoms with Crippen LogP contribution in [0.25, 0.3) is 0 Å². The number of aryl methyl sites for hydroxylation is 2. The second-order valence-electron chi connectivity index (χ2n) is 4.86. The molecule has 2 aromatic heterocycles. The lowest BCUT2D eigenvalue weighted by Crippen LogP contribution is -2.40. The Morgan fingerprint density at radius 3 is 2.53 bits per heavy atom. The summed E-state index contributed by atoms with van der Waals surface area (Å²) in [6.45, 7) is 6.86. The molecule has 104 valence electrons. The Morgan fingerprint density at radius 1 is 1.37 bits per heavy atom. The lowest BCUT2D eigenvalue weighted by atomic mass is 10.1. The molecule has 0 atom stereocenters. The molecular formula is C12H16N2O3S2. The minimum Gasteiger partial charge on any atom is -0.360 e. The zero-order valence-corrected chi connectivity index (χ0v) is 12.9. The fraction of sp³-hybridized carbons (Fsp3) is 0.417. The third-order valence-electron chi connectivity index (χ3n) is 2.76. The van der Waals surface area contributed by atoms with Gasteiger partial charge in [0.1, 0.15) is 10.6 Å². The van der Waals surface area contributed by atoms with Crippen LogP contribution >= 0.6 is 11.3 Å². The Morgan fingerprint density at radius 2 is 2.05 bits per heavy atom. The van der Waals surface area contributed by atoms with Gasteiger partial charge in [-0.25, -0.2) is 13.1 Å². The van der Waals surface area contributed by atoms with Crippen LogP contribution in [0.3, 0.4) is 0 Å². The van der Waals surface area contributed by atoms with Gasteiger partial charge in [-0.2, -0.15) is 0 Å². The van der Waals surface area contributed by atoms with Crippen molar-refractivity contribution in [1.29, 1.82) is 0 Å².